The summed E-state index contributed by atoms with van der Waals surface area (Å²) in [5.41, 5.74) is 2.73. The van der Waals surface area contributed by atoms with Crippen molar-refractivity contribution in [1.29, 1.82) is 0 Å². The molecule has 0 radical (unpaired) electrons. The van der Waals surface area contributed by atoms with Gasteiger partial charge < -0.3 is 10.6 Å². The molecule has 0 atom stereocenters. The van der Waals surface area contributed by atoms with Crippen molar-refractivity contribution in [3.8, 4) is 5.69 Å². The molecule has 0 aliphatic heterocycles. The van der Waals surface area contributed by atoms with Crippen LogP contribution in [0.15, 0.2) is 84.3 Å². The number of nitrogens with zero attached hydrogens (tertiary/aromatic N) is 2. The third-order valence-corrected chi connectivity index (χ3v) is 5.11. The van der Waals surface area contributed by atoms with E-state index in [2.05, 4.69) is 28.8 Å². The molecular weight excluding hydrogens is 388 g/mol. The Morgan fingerprint density at radius 2 is 1.94 bits per heavy atom. The molecule has 6 heteroatoms. The van der Waals surface area contributed by atoms with Crippen molar-refractivity contribution < 1.29 is 4.79 Å². The first-order chi connectivity index (χ1) is 15.0. The van der Waals surface area contributed by atoms with E-state index < -0.39 is 0 Å². The Morgan fingerprint density at radius 1 is 1.19 bits per heavy atom. The molecule has 156 valence electrons. The largest absolute Gasteiger partial charge is 0.348 e. The predicted octanol–water partition coefficient (Wildman–Crippen LogP) is 4.25. The van der Waals surface area contributed by atoms with E-state index in [9.17, 15) is 9.59 Å². The van der Waals surface area contributed by atoms with Crippen LogP contribution in [-0.4, -0.2) is 21.5 Å². The van der Waals surface area contributed by atoms with Gasteiger partial charge in [0.25, 0.3) is 5.91 Å². The highest BCUT2D eigenvalue weighted by molar-refractivity contribution is 5.96. The van der Waals surface area contributed by atoms with Crippen LogP contribution in [0, 0.1) is 6.92 Å². The molecule has 2 heterocycles. The van der Waals surface area contributed by atoms with Crippen LogP contribution in [-0.2, 0) is 0 Å². The maximum Gasteiger partial charge on any atom is 0.270 e. The first-order valence-electron chi connectivity index (χ1n) is 10.2. The molecule has 2 N–H and O–H groups in total. The maximum atomic E-state index is 13.0. The zero-order valence-corrected chi connectivity index (χ0v) is 17.4. The Labute approximate surface area is 180 Å². The number of hydrogen-bond acceptors (Lipinski definition) is 4. The first-order valence-corrected chi connectivity index (χ1v) is 10.2. The van der Waals surface area contributed by atoms with Crippen LogP contribution in [0.5, 0.6) is 0 Å². The van der Waals surface area contributed by atoms with Gasteiger partial charge in [0.1, 0.15) is 11.5 Å². The highest BCUT2D eigenvalue weighted by atomic mass is 16.2. The van der Waals surface area contributed by atoms with E-state index in [1.54, 1.807) is 24.3 Å². The van der Waals surface area contributed by atoms with Crippen LogP contribution >= 0.6 is 0 Å². The molecule has 1 fully saturated rings. The molecule has 1 amide bonds. The van der Waals surface area contributed by atoms with Crippen molar-refractivity contribution in [2.45, 2.75) is 25.8 Å². The Kier molecular flexibility index (Phi) is 5.54. The topological polar surface area (TPSA) is 76.0 Å². The van der Waals surface area contributed by atoms with E-state index in [1.165, 1.54) is 6.07 Å². The number of anilines is 1. The molecule has 1 aliphatic rings. The van der Waals surface area contributed by atoms with Gasteiger partial charge in [-0.05, 0) is 55.7 Å². The summed E-state index contributed by atoms with van der Waals surface area (Å²) in [6.45, 7) is 9.36. The lowest BCUT2D eigenvalue weighted by Gasteiger charge is -2.19. The summed E-state index contributed by atoms with van der Waals surface area (Å²) in [4.78, 5) is 30.4. The average Bonchev–Trinajstić information content (AvgIpc) is 3.57. The van der Waals surface area contributed by atoms with E-state index >= 15 is 0 Å². The fourth-order valence-corrected chi connectivity index (χ4v) is 3.47. The number of carbonyl (C=O) groups excluding carboxylic acids is 1. The summed E-state index contributed by atoms with van der Waals surface area (Å²) in [7, 11) is 0. The minimum Gasteiger partial charge on any atom is -0.348 e. The lowest BCUT2D eigenvalue weighted by atomic mass is 10.1. The minimum atomic E-state index is -0.226. The van der Waals surface area contributed by atoms with Gasteiger partial charge in [-0.25, -0.2) is 4.98 Å². The standard InChI is InChI=1S/C25H24N4O2/c1-4-9-17(5-2)26-22-15-21(30)23-16(3)14-20(25(31)27-18-12-13-18)28-24(23)29(22)19-10-7-6-8-11-19/h4-11,14-15,18,26H,1-2,12-13H2,3H3,(H,27,31)/b17-9+. The summed E-state index contributed by atoms with van der Waals surface area (Å²) in [5.74, 6) is 0.291. The highest BCUT2D eigenvalue weighted by Gasteiger charge is 2.25. The number of aryl methyl sites for hydroxylation is 1. The summed E-state index contributed by atoms with van der Waals surface area (Å²) in [5, 5.41) is 6.68. The van der Waals surface area contributed by atoms with Crippen molar-refractivity contribution in [2.24, 2.45) is 0 Å². The van der Waals surface area contributed by atoms with Crippen LogP contribution in [0.4, 0.5) is 5.82 Å². The summed E-state index contributed by atoms with van der Waals surface area (Å²) in [6, 6.07) is 13.0. The number of benzene rings is 1. The molecule has 31 heavy (non-hydrogen) atoms. The zero-order valence-electron chi connectivity index (χ0n) is 17.4. The second-order valence-electron chi connectivity index (χ2n) is 7.52. The Hall–Kier alpha value is -3.93. The monoisotopic (exact) mass is 412 g/mol. The van der Waals surface area contributed by atoms with Crippen LogP contribution in [0.25, 0.3) is 16.7 Å². The van der Waals surface area contributed by atoms with E-state index in [1.807, 2.05) is 41.8 Å². The molecule has 0 unspecified atom stereocenters. The van der Waals surface area contributed by atoms with Crippen LogP contribution in [0.1, 0.15) is 28.9 Å². The van der Waals surface area contributed by atoms with Crippen LogP contribution in [0.2, 0.25) is 0 Å². The molecule has 1 aliphatic carbocycles. The second kappa shape index (κ2) is 8.44. The number of hydrogen-bond donors (Lipinski definition) is 2. The summed E-state index contributed by atoms with van der Waals surface area (Å²) < 4.78 is 1.85. The number of rotatable bonds is 7. The number of pyridine rings is 2. The van der Waals surface area contributed by atoms with Gasteiger partial charge in [-0.15, -0.1) is 0 Å². The van der Waals surface area contributed by atoms with Crippen molar-refractivity contribution in [2.75, 3.05) is 5.32 Å². The van der Waals surface area contributed by atoms with Gasteiger partial charge in [0.05, 0.1) is 5.39 Å². The SMILES string of the molecule is C=C/C=C(\C=C)Nc1cc(=O)c2c(C)cc(C(=O)NC3CC3)nc2n1-c1ccccc1. The van der Waals surface area contributed by atoms with Crippen LogP contribution in [0.3, 0.4) is 0 Å². The number of para-hydroxylation sites is 1. The molecule has 3 aromatic rings. The Bertz CT molecular complexity index is 1270. The van der Waals surface area contributed by atoms with Gasteiger partial charge in [-0.2, -0.15) is 0 Å². The number of fused-ring (bicyclic) bond motifs is 1. The predicted molar refractivity (Wildman–Crippen MR) is 125 cm³/mol. The first kappa shape index (κ1) is 20.3. The third-order valence-electron chi connectivity index (χ3n) is 5.11. The Morgan fingerprint density at radius 3 is 2.58 bits per heavy atom. The van der Waals surface area contributed by atoms with E-state index in [4.69, 9.17) is 0 Å². The van der Waals surface area contributed by atoms with Crippen LogP contribution < -0.4 is 16.1 Å². The smallest absolute Gasteiger partial charge is 0.270 e. The van der Waals surface area contributed by atoms with Crippen molar-refractivity contribution in [3.05, 3.63) is 101 Å². The number of allylic oxidation sites excluding steroid dienone is 3. The van der Waals surface area contributed by atoms with Gasteiger partial charge in [-0.3, -0.25) is 14.2 Å². The average molecular weight is 412 g/mol. The molecule has 4 rings (SSSR count). The maximum absolute atomic E-state index is 13.0. The quantitative estimate of drug-likeness (QED) is 0.569. The molecule has 6 nitrogen and oxygen atoms in total. The van der Waals surface area contributed by atoms with Gasteiger partial charge in [0, 0.05) is 23.5 Å². The molecule has 1 saturated carbocycles. The molecule has 0 spiro atoms. The lowest BCUT2D eigenvalue weighted by Crippen LogP contribution is -2.27. The normalized spacial score (nSPS) is 13.6. The molecule has 1 aromatic carbocycles. The summed E-state index contributed by atoms with van der Waals surface area (Å²) in [6.07, 6.45) is 7.01. The van der Waals surface area contributed by atoms with Crippen molar-refractivity contribution >= 4 is 22.8 Å². The number of nitrogens with one attached hydrogen (secondary N) is 2. The fourth-order valence-electron chi connectivity index (χ4n) is 3.47. The third kappa shape index (κ3) is 4.19. The summed E-state index contributed by atoms with van der Waals surface area (Å²) >= 11 is 0. The number of aromatic nitrogens is 2. The second-order valence-corrected chi connectivity index (χ2v) is 7.52. The number of amides is 1. The molecule has 0 bridgehead atoms. The minimum absolute atomic E-state index is 0.175. The fraction of sp³-hybridized carbons (Fsp3) is 0.160. The Balaban J connectivity index is 1.99. The van der Waals surface area contributed by atoms with Gasteiger partial charge in [-0.1, -0.05) is 37.4 Å². The van der Waals surface area contributed by atoms with E-state index in [0.717, 1.165) is 18.5 Å². The van der Waals surface area contributed by atoms with Crippen molar-refractivity contribution in [3.63, 3.8) is 0 Å². The number of carbonyl (C=O) groups is 1. The highest BCUT2D eigenvalue weighted by Crippen LogP contribution is 2.25. The lowest BCUT2D eigenvalue weighted by molar-refractivity contribution is 0.0946. The zero-order chi connectivity index (χ0) is 22.0. The molecular formula is C25H24N4O2. The molecule has 0 saturated heterocycles. The van der Waals surface area contributed by atoms with Crippen molar-refractivity contribution in [1.82, 2.24) is 14.9 Å². The van der Waals surface area contributed by atoms with E-state index in [-0.39, 0.29) is 17.4 Å². The van der Waals surface area contributed by atoms with Gasteiger partial charge >= 0.3 is 0 Å². The van der Waals surface area contributed by atoms with E-state index in [0.29, 0.717) is 33.8 Å². The molecule has 2 aromatic heterocycles. The van der Waals surface area contributed by atoms with Gasteiger partial charge in [0.15, 0.2) is 11.1 Å². The van der Waals surface area contributed by atoms with Gasteiger partial charge in [0.2, 0.25) is 0 Å².